The summed E-state index contributed by atoms with van der Waals surface area (Å²) in [7, 11) is 0. The monoisotopic (exact) mass is 271 g/mol. The molecule has 0 heterocycles. The van der Waals surface area contributed by atoms with Crippen LogP contribution in [0, 0.1) is 5.82 Å². The maximum atomic E-state index is 13.9. The normalized spacial score (nSPS) is 16.3. The fourth-order valence-corrected chi connectivity index (χ4v) is 2.82. The smallest absolute Gasteiger partial charge is 0.137 e. The van der Waals surface area contributed by atoms with E-state index in [2.05, 4.69) is 5.32 Å². The van der Waals surface area contributed by atoms with E-state index in [4.69, 9.17) is 0 Å². The van der Waals surface area contributed by atoms with E-state index in [1.807, 2.05) is 26.8 Å². The van der Waals surface area contributed by atoms with Gasteiger partial charge in [0.2, 0.25) is 0 Å². The topological polar surface area (TPSA) is 32.3 Å². The molecule has 0 saturated carbocycles. The highest BCUT2D eigenvalue weighted by atomic mass is 32.2. The minimum absolute atomic E-state index is 0.0329. The lowest BCUT2D eigenvalue weighted by atomic mass is 10.1. The van der Waals surface area contributed by atoms with E-state index in [1.165, 1.54) is 17.8 Å². The van der Waals surface area contributed by atoms with E-state index in [-0.39, 0.29) is 17.1 Å². The molecular weight excluding hydrogens is 249 g/mol. The highest BCUT2D eigenvalue weighted by molar-refractivity contribution is 8.00. The molecule has 0 aliphatic rings. The highest BCUT2D eigenvalue weighted by Gasteiger charge is 2.18. The third-order valence-corrected chi connectivity index (χ3v) is 4.39. The maximum absolute atomic E-state index is 13.9. The highest BCUT2D eigenvalue weighted by Crippen LogP contribution is 2.33. The van der Waals surface area contributed by atoms with Gasteiger partial charge < -0.3 is 10.4 Å². The van der Waals surface area contributed by atoms with Crippen LogP contribution < -0.4 is 5.32 Å². The van der Waals surface area contributed by atoms with Gasteiger partial charge >= 0.3 is 0 Å². The van der Waals surface area contributed by atoms with Gasteiger partial charge in [-0.05, 0) is 32.0 Å². The van der Waals surface area contributed by atoms with Gasteiger partial charge in [0.25, 0.3) is 0 Å². The molecular formula is C14H22FNOS. The van der Waals surface area contributed by atoms with Gasteiger partial charge in [0.15, 0.2) is 0 Å². The van der Waals surface area contributed by atoms with Crippen molar-refractivity contribution in [2.45, 2.75) is 50.0 Å². The second-order valence-corrected chi connectivity index (χ2v) is 5.89. The van der Waals surface area contributed by atoms with Crippen LogP contribution >= 0.6 is 11.8 Å². The van der Waals surface area contributed by atoms with E-state index >= 15 is 0 Å². The van der Waals surface area contributed by atoms with Crippen LogP contribution in [0.2, 0.25) is 0 Å². The zero-order chi connectivity index (χ0) is 13.7. The van der Waals surface area contributed by atoms with E-state index in [1.54, 1.807) is 13.0 Å². The molecule has 0 amide bonds. The van der Waals surface area contributed by atoms with Gasteiger partial charge in [-0.25, -0.2) is 4.39 Å². The first-order valence-electron chi connectivity index (χ1n) is 6.33. The molecule has 3 unspecified atom stereocenters. The van der Waals surface area contributed by atoms with Crippen molar-refractivity contribution in [1.82, 2.24) is 5.32 Å². The summed E-state index contributed by atoms with van der Waals surface area (Å²) < 4.78 is 13.9. The first-order chi connectivity index (χ1) is 8.47. The Morgan fingerprint density at radius 1 is 1.33 bits per heavy atom. The molecule has 3 atom stereocenters. The van der Waals surface area contributed by atoms with Gasteiger partial charge in [-0.2, -0.15) is 0 Å². The molecule has 2 nitrogen and oxygen atoms in total. The van der Waals surface area contributed by atoms with E-state index in [0.717, 1.165) is 12.1 Å². The molecule has 0 aromatic heterocycles. The lowest BCUT2D eigenvalue weighted by Gasteiger charge is -2.21. The number of hydrogen-bond donors (Lipinski definition) is 2. The Kier molecular flexibility index (Phi) is 6.12. The molecule has 2 N–H and O–H groups in total. The first kappa shape index (κ1) is 15.5. The Hall–Kier alpha value is -0.580. The predicted octanol–water partition coefficient (Wildman–Crippen LogP) is 3.36. The Morgan fingerprint density at radius 3 is 2.56 bits per heavy atom. The van der Waals surface area contributed by atoms with Crippen LogP contribution in [0.25, 0.3) is 0 Å². The number of benzene rings is 1. The third-order valence-electron chi connectivity index (χ3n) is 2.96. The van der Waals surface area contributed by atoms with Crippen molar-refractivity contribution >= 4 is 11.8 Å². The summed E-state index contributed by atoms with van der Waals surface area (Å²) >= 11 is 1.39. The Morgan fingerprint density at radius 2 is 2.00 bits per heavy atom. The molecule has 1 aromatic carbocycles. The number of halogens is 1. The summed E-state index contributed by atoms with van der Waals surface area (Å²) in [6.07, 6.45) is -0.461. The number of aliphatic hydroxyl groups is 1. The molecule has 18 heavy (non-hydrogen) atoms. The molecule has 0 bridgehead atoms. The molecule has 0 spiro atoms. The van der Waals surface area contributed by atoms with E-state index in [9.17, 15) is 9.50 Å². The van der Waals surface area contributed by atoms with Crippen molar-refractivity contribution < 1.29 is 9.50 Å². The molecule has 1 aromatic rings. The van der Waals surface area contributed by atoms with Gasteiger partial charge in [0.05, 0.1) is 6.10 Å². The summed E-state index contributed by atoms with van der Waals surface area (Å²) in [5.74, 6) is -0.213. The predicted molar refractivity (Wildman–Crippen MR) is 75.5 cm³/mol. The van der Waals surface area contributed by atoms with Crippen molar-refractivity contribution in [3.63, 3.8) is 0 Å². The maximum Gasteiger partial charge on any atom is 0.137 e. The SMILES string of the molecule is CCNC(C)c1cccc(F)c1SC(C)C(C)O. The average molecular weight is 271 g/mol. The van der Waals surface area contributed by atoms with Gasteiger partial charge in [0, 0.05) is 16.2 Å². The Balaban J connectivity index is 3.00. The molecule has 0 aliphatic carbocycles. The van der Waals surface area contributed by atoms with Crippen LogP contribution in [0.4, 0.5) is 4.39 Å². The molecule has 0 aliphatic heterocycles. The zero-order valence-corrected chi connectivity index (χ0v) is 12.2. The lowest BCUT2D eigenvalue weighted by molar-refractivity contribution is 0.196. The number of thioether (sulfide) groups is 1. The number of rotatable bonds is 6. The lowest BCUT2D eigenvalue weighted by Crippen LogP contribution is -2.20. The number of aliphatic hydroxyl groups excluding tert-OH is 1. The van der Waals surface area contributed by atoms with Crippen molar-refractivity contribution in [1.29, 1.82) is 0 Å². The fraction of sp³-hybridized carbons (Fsp3) is 0.571. The molecule has 102 valence electrons. The van der Waals surface area contributed by atoms with Gasteiger partial charge in [-0.3, -0.25) is 0 Å². The van der Waals surface area contributed by atoms with Gasteiger partial charge in [-0.1, -0.05) is 26.0 Å². The van der Waals surface area contributed by atoms with Crippen LogP contribution in [-0.2, 0) is 0 Å². The van der Waals surface area contributed by atoms with Crippen LogP contribution in [0.1, 0.15) is 39.3 Å². The second-order valence-electron chi connectivity index (χ2n) is 4.50. The van der Waals surface area contributed by atoms with Crippen LogP contribution in [-0.4, -0.2) is 23.0 Å². The van der Waals surface area contributed by atoms with Crippen molar-refractivity contribution in [2.24, 2.45) is 0 Å². The summed E-state index contributed by atoms with van der Waals surface area (Å²) in [6.45, 7) is 8.53. The van der Waals surface area contributed by atoms with Gasteiger partial charge in [0.1, 0.15) is 5.82 Å². The quantitative estimate of drug-likeness (QED) is 0.778. The minimum atomic E-state index is -0.461. The third kappa shape index (κ3) is 3.97. The van der Waals surface area contributed by atoms with Crippen LogP contribution in [0.3, 0.4) is 0 Å². The minimum Gasteiger partial charge on any atom is -0.392 e. The van der Waals surface area contributed by atoms with Crippen molar-refractivity contribution in [3.8, 4) is 0 Å². The molecule has 0 radical (unpaired) electrons. The summed E-state index contributed by atoms with van der Waals surface area (Å²) in [5.41, 5.74) is 0.953. The zero-order valence-electron chi connectivity index (χ0n) is 11.4. The number of hydrogen-bond acceptors (Lipinski definition) is 3. The van der Waals surface area contributed by atoms with E-state index in [0.29, 0.717) is 4.90 Å². The van der Waals surface area contributed by atoms with Crippen molar-refractivity contribution in [2.75, 3.05) is 6.54 Å². The Labute approximate surface area is 113 Å². The Bertz CT molecular complexity index is 384. The summed E-state index contributed by atoms with van der Waals surface area (Å²) in [4.78, 5) is 0.638. The van der Waals surface area contributed by atoms with Crippen molar-refractivity contribution in [3.05, 3.63) is 29.6 Å². The first-order valence-corrected chi connectivity index (χ1v) is 7.21. The van der Waals surface area contributed by atoms with Crippen LogP contribution in [0.15, 0.2) is 23.1 Å². The average Bonchev–Trinajstić information content (AvgIpc) is 2.31. The molecule has 4 heteroatoms. The standard InChI is InChI=1S/C14H22FNOS/c1-5-16-9(2)12-7-6-8-13(15)14(12)18-11(4)10(3)17/h6-11,16-17H,5H2,1-4H3. The summed E-state index contributed by atoms with van der Waals surface area (Å²) in [6, 6.07) is 5.25. The number of nitrogens with one attached hydrogen (secondary N) is 1. The molecule has 0 saturated heterocycles. The second kappa shape index (κ2) is 7.12. The largest absolute Gasteiger partial charge is 0.392 e. The van der Waals surface area contributed by atoms with Crippen LogP contribution in [0.5, 0.6) is 0 Å². The molecule has 0 fully saturated rings. The fourth-order valence-electron chi connectivity index (χ4n) is 1.69. The summed E-state index contributed by atoms with van der Waals surface area (Å²) in [5, 5.41) is 12.8. The molecule has 1 rings (SSSR count). The van der Waals surface area contributed by atoms with Gasteiger partial charge in [-0.15, -0.1) is 11.8 Å². The van der Waals surface area contributed by atoms with E-state index < -0.39 is 6.10 Å².